The van der Waals surface area contributed by atoms with Gasteiger partial charge in [-0.2, -0.15) is 4.98 Å². The van der Waals surface area contributed by atoms with Crippen molar-refractivity contribution in [2.75, 3.05) is 24.7 Å². The molecule has 6 heteroatoms. The Morgan fingerprint density at radius 2 is 2.21 bits per heavy atom. The first-order valence-electron chi connectivity index (χ1n) is 7.95. The van der Waals surface area contributed by atoms with Crippen molar-refractivity contribution in [3.63, 3.8) is 0 Å². The van der Waals surface area contributed by atoms with E-state index < -0.39 is 0 Å². The number of nitrogens with zero attached hydrogens (tertiary/aromatic N) is 2. The summed E-state index contributed by atoms with van der Waals surface area (Å²) in [7, 11) is 1.60. The first-order valence-corrected chi connectivity index (χ1v) is 7.95. The highest BCUT2D eigenvalue weighted by atomic mass is 16.5. The highest BCUT2D eigenvalue weighted by molar-refractivity contribution is 5.58. The van der Waals surface area contributed by atoms with Crippen LogP contribution in [0.2, 0.25) is 0 Å². The molecule has 0 radical (unpaired) electrons. The van der Waals surface area contributed by atoms with Crippen molar-refractivity contribution in [1.29, 1.82) is 0 Å². The first-order chi connectivity index (χ1) is 11.6. The fourth-order valence-electron chi connectivity index (χ4n) is 2.11. The number of aromatic nitrogens is 2. The van der Waals surface area contributed by atoms with Crippen LogP contribution in [0.15, 0.2) is 37.0 Å². The van der Waals surface area contributed by atoms with Gasteiger partial charge in [-0.05, 0) is 18.1 Å². The number of nitrogens with one attached hydrogen (secondary N) is 1. The van der Waals surface area contributed by atoms with Gasteiger partial charge in [0, 0.05) is 12.1 Å². The minimum absolute atomic E-state index is 0.222. The van der Waals surface area contributed by atoms with Crippen molar-refractivity contribution >= 4 is 17.5 Å². The van der Waals surface area contributed by atoms with Crippen LogP contribution in [0, 0.1) is 0 Å². The Morgan fingerprint density at radius 3 is 2.96 bits per heavy atom. The van der Waals surface area contributed by atoms with Crippen LogP contribution in [0.25, 0.3) is 5.76 Å². The molecule has 3 N–H and O–H groups in total. The number of ether oxygens (including phenoxy) is 2. The minimum atomic E-state index is 0.222. The van der Waals surface area contributed by atoms with Crippen LogP contribution in [0.3, 0.4) is 0 Å². The highest BCUT2D eigenvalue weighted by Gasteiger charge is 2.08. The zero-order valence-electron chi connectivity index (χ0n) is 14.2. The standard InChI is InChI=1S/C18H24N4O2/c1-4-5-9-20-17-16(11-21-18(19)22-17)24-12-14-7-6-8-15(10-14)13(2)23-3/h6-8,10-11H,2,4-5,9,12H2,1,3H3,(H3,19,20,21,22). The van der Waals surface area contributed by atoms with E-state index in [0.29, 0.717) is 23.9 Å². The van der Waals surface area contributed by atoms with Crippen molar-refractivity contribution in [3.05, 3.63) is 48.2 Å². The number of hydrogen-bond donors (Lipinski definition) is 2. The van der Waals surface area contributed by atoms with Crippen molar-refractivity contribution in [1.82, 2.24) is 9.97 Å². The Hall–Kier alpha value is -2.76. The molecule has 0 bridgehead atoms. The van der Waals surface area contributed by atoms with E-state index in [1.54, 1.807) is 13.3 Å². The number of rotatable bonds is 9. The lowest BCUT2D eigenvalue weighted by atomic mass is 10.1. The summed E-state index contributed by atoms with van der Waals surface area (Å²) in [6.45, 7) is 7.20. The normalized spacial score (nSPS) is 10.2. The van der Waals surface area contributed by atoms with Gasteiger partial charge in [0.25, 0.3) is 0 Å². The molecule has 2 rings (SSSR count). The number of nitrogens with two attached hydrogens (primary N) is 1. The summed E-state index contributed by atoms with van der Waals surface area (Å²) in [6.07, 6.45) is 3.74. The molecule has 1 heterocycles. The molecule has 0 amide bonds. The Morgan fingerprint density at radius 1 is 1.38 bits per heavy atom. The lowest BCUT2D eigenvalue weighted by molar-refractivity contribution is 0.305. The van der Waals surface area contributed by atoms with Gasteiger partial charge in [0.2, 0.25) is 5.95 Å². The van der Waals surface area contributed by atoms with Crippen LogP contribution in [0.5, 0.6) is 5.75 Å². The fourth-order valence-corrected chi connectivity index (χ4v) is 2.11. The summed E-state index contributed by atoms with van der Waals surface area (Å²) in [6, 6.07) is 7.85. The third-order valence-electron chi connectivity index (χ3n) is 3.49. The maximum Gasteiger partial charge on any atom is 0.222 e. The molecule has 0 saturated carbocycles. The van der Waals surface area contributed by atoms with Gasteiger partial charge >= 0.3 is 0 Å². The molecule has 0 atom stereocenters. The molecule has 0 saturated heterocycles. The molecular weight excluding hydrogens is 304 g/mol. The smallest absolute Gasteiger partial charge is 0.222 e. The van der Waals surface area contributed by atoms with Gasteiger partial charge in [0.05, 0.1) is 13.3 Å². The molecule has 0 aliphatic rings. The van der Waals surface area contributed by atoms with E-state index in [0.717, 1.165) is 30.5 Å². The Bertz CT molecular complexity index is 688. The lowest BCUT2D eigenvalue weighted by Crippen LogP contribution is -2.08. The summed E-state index contributed by atoms with van der Waals surface area (Å²) in [5.74, 6) is 2.04. The summed E-state index contributed by atoms with van der Waals surface area (Å²) in [5, 5.41) is 3.24. The summed E-state index contributed by atoms with van der Waals surface area (Å²) < 4.78 is 11.0. The van der Waals surface area contributed by atoms with Crippen molar-refractivity contribution in [3.8, 4) is 5.75 Å². The molecule has 2 aromatic rings. The summed E-state index contributed by atoms with van der Waals surface area (Å²) >= 11 is 0. The number of benzene rings is 1. The van der Waals surface area contributed by atoms with Gasteiger partial charge in [0.1, 0.15) is 12.4 Å². The third-order valence-corrected chi connectivity index (χ3v) is 3.49. The van der Waals surface area contributed by atoms with Gasteiger partial charge < -0.3 is 20.5 Å². The zero-order chi connectivity index (χ0) is 17.4. The number of anilines is 2. The van der Waals surface area contributed by atoms with E-state index in [-0.39, 0.29) is 5.95 Å². The number of nitrogen functional groups attached to an aromatic ring is 1. The lowest BCUT2D eigenvalue weighted by Gasteiger charge is -2.13. The molecular formula is C18H24N4O2. The van der Waals surface area contributed by atoms with E-state index in [4.69, 9.17) is 15.2 Å². The monoisotopic (exact) mass is 328 g/mol. The van der Waals surface area contributed by atoms with Gasteiger partial charge in [-0.3, -0.25) is 0 Å². The van der Waals surface area contributed by atoms with Gasteiger partial charge in [0.15, 0.2) is 11.6 Å². The van der Waals surface area contributed by atoms with Crippen molar-refractivity contribution < 1.29 is 9.47 Å². The van der Waals surface area contributed by atoms with Crippen LogP contribution in [-0.2, 0) is 11.3 Å². The largest absolute Gasteiger partial charge is 0.497 e. The summed E-state index contributed by atoms with van der Waals surface area (Å²) in [5.41, 5.74) is 7.59. The van der Waals surface area contributed by atoms with Gasteiger partial charge in [-0.15, -0.1) is 0 Å². The second kappa shape index (κ2) is 8.76. The van der Waals surface area contributed by atoms with Crippen LogP contribution in [-0.4, -0.2) is 23.6 Å². The van der Waals surface area contributed by atoms with Crippen LogP contribution in [0.1, 0.15) is 30.9 Å². The molecule has 1 aromatic heterocycles. The fraction of sp³-hybridized carbons (Fsp3) is 0.333. The first kappa shape index (κ1) is 17.6. The van der Waals surface area contributed by atoms with E-state index in [1.165, 1.54) is 0 Å². The van der Waals surface area contributed by atoms with E-state index in [9.17, 15) is 0 Å². The maximum atomic E-state index is 5.86. The molecule has 0 aliphatic carbocycles. The molecule has 128 valence electrons. The Kier molecular flexibility index (Phi) is 6.42. The quantitative estimate of drug-likeness (QED) is 0.542. The number of hydrogen-bond acceptors (Lipinski definition) is 6. The van der Waals surface area contributed by atoms with E-state index >= 15 is 0 Å². The number of unbranched alkanes of at least 4 members (excludes halogenated alkanes) is 1. The summed E-state index contributed by atoms with van der Waals surface area (Å²) in [4.78, 5) is 8.22. The molecule has 1 aromatic carbocycles. The van der Waals surface area contributed by atoms with Crippen molar-refractivity contribution in [2.45, 2.75) is 26.4 Å². The molecule has 24 heavy (non-hydrogen) atoms. The Labute approximate surface area is 142 Å². The molecule has 0 unspecified atom stereocenters. The van der Waals surface area contributed by atoms with E-state index in [2.05, 4.69) is 28.8 Å². The molecule has 0 aliphatic heterocycles. The highest BCUT2D eigenvalue weighted by Crippen LogP contribution is 2.23. The van der Waals surface area contributed by atoms with Crippen LogP contribution >= 0.6 is 0 Å². The Balaban J connectivity index is 2.07. The molecule has 0 fully saturated rings. The second-order valence-corrected chi connectivity index (χ2v) is 5.34. The minimum Gasteiger partial charge on any atom is -0.497 e. The van der Waals surface area contributed by atoms with Gasteiger partial charge in [-0.25, -0.2) is 4.98 Å². The van der Waals surface area contributed by atoms with Crippen LogP contribution in [0.4, 0.5) is 11.8 Å². The average molecular weight is 328 g/mol. The molecule has 0 spiro atoms. The predicted octanol–water partition coefficient (Wildman–Crippen LogP) is 3.47. The predicted molar refractivity (Wildman–Crippen MR) is 96.7 cm³/mol. The third kappa shape index (κ3) is 4.87. The SMILES string of the molecule is C=C(OC)c1cccc(COc2cnc(N)nc2NCCCC)c1. The van der Waals surface area contributed by atoms with Crippen molar-refractivity contribution in [2.24, 2.45) is 0 Å². The topological polar surface area (TPSA) is 82.3 Å². The van der Waals surface area contributed by atoms with E-state index in [1.807, 2.05) is 24.3 Å². The van der Waals surface area contributed by atoms with Crippen LogP contribution < -0.4 is 15.8 Å². The van der Waals surface area contributed by atoms with Gasteiger partial charge in [-0.1, -0.05) is 38.1 Å². The number of methoxy groups -OCH3 is 1. The molecule has 6 nitrogen and oxygen atoms in total. The zero-order valence-corrected chi connectivity index (χ0v) is 14.2. The second-order valence-electron chi connectivity index (χ2n) is 5.34. The maximum absolute atomic E-state index is 5.86. The average Bonchev–Trinajstić information content (AvgIpc) is 2.61.